The molecule has 1 aromatic rings. The van der Waals surface area contributed by atoms with Crippen molar-refractivity contribution in [1.82, 2.24) is 10.0 Å². The summed E-state index contributed by atoms with van der Waals surface area (Å²) in [5.41, 5.74) is 0.0491. The van der Waals surface area contributed by atoms with Gasteiger partial charge >= 0.3 is 0 Å². The predicted octanol–water partition coefficient (Wildman–Crippen LogP) is 1.17. The third-order valence-corrected chi connectivity index (χ3v) is 4.51. The molecule has 0 aliphatic carbocycles. The van der Waals surface area contributed by atoms with Gasteiger partial charge in [-0.3, -0.25) is 4.79 Å². The Morgan fingerprint density at radius 2 is 1.76 bits per heavy atom. The second-order valence-corrected chi connectivity index (χ2v) is 7.11. The third-order valence-electron chi connectivity index (χ3n) is 3.09. The first-order valence-electron chi connectivity index (χ1n) is 6.78. The van der Waals surface area contributed by atoms with E-state index in [0.717, 1.165) is 12.2 Å². The zero-order valence-electron chi connectivity index (χ0n) is 12.9. The van der Waals surface area contributed by atoms with Crippen LogP contribution in [0.25, 0.3) is 0 Å². The molecule has 0 saturated heterocycles. The second kappa shape index (κ2) is 6.91. The normalized spacial score (nSPS) is 12.0. The number of carbonyl (C=O) groups excluding carboxylic acids is 1. The number of hydrogen-bond acceptors (Lipinski definition) is 4. The number of hydrogen-bond donors (Lipinski definition) is 3. The van der Waals surface area contributed by atoms with Crippen molar-refractivity contribution in [2.24, 2.45) is 5.41 Å². The topological polar surface area (TPSA) is 87.3 Å². The summed E-state index contributed by atoms with van der Waals surface area (Å²) in [5, 5.41) is 5.62. The maximum atomic E-state index is 12.2. The van der Waals surface area contributed by atoms with Crippen LogP contribution in [0.4, 0.5) is 5.69 Å². The minimum absolute atomic E-state index is 0.0317. The van der Waals surface area contributed by atoms with E-state index in [1.807, 2.05) is 6.92 Å². The van der Waals surface area contributed by atoms with Crippen LogP contribution in [0.1, 0.15) is 20.8 Å². The fourth-order valence-electron chi connectivity index (χ4n) is 1.73. The zero-order valence-corrected chi connectivity index (χ0v) is 13.7. The van der Waals surface area contributed by atoms with Gasteiger partial charge in [-0.2, -0.15) is 0 Å². The maximum absolute atomic E-state index is 12.2. The van der Waals surface area contributed by atoms with Gasteiger partial charge in [0, 0.05) is 25.8 Å². The third kappa shape index (κ3) is 4.71. The molecule has 0 heterocycles. The summed E-state index contributed by atoms with van der Waals surface area (Å²) in [4.78, 5) is 11.8. The van der Waals surface area contributed by atoms with Crippen molar-refractivity contribution in [1.29, 1.82) is 0 Å². The standard InChI is InChI=1S/C14H23N3O3S/c1-5-16-11-6-8-12(9-7-11)21(19,20)17-10-14(2,3)13(18)15-4/h6-9,16-17H,5,10H2,1-4H3,(H,15,18). The highest BCUT2D eigenvalue weighted by Crippen LogP contribution is 2.17. The smallest absolute Gasteiger partial charge is 0.240 e. The molecule has 1 aromatic carbocycles. The second-order valence-electron chi connectivity index (χ2n) is 5.34. The number of anilines is 1. The summed E-state index contributed by atoms with van der Waals surface area (Å²) < 4.78 is 26.9. The molecule has 1 rings (SSSR count). The van der Waals surface area contributed by atoms with E-state index in [-0.39, 0.29) is 17.3 Å². The molecule has 0 aliphatic heterocycles. The first-order valence-corrected chi connectivity index (χ1v) is 8.27. The molecule has 6 nitrogen and oxygen atoms in total. The van der Waals surface area contributed by atoms with Gasteiger partial charge in [-0.1, -0.05) is 0 Å². The van der Waals surface area contributed by atoms with Crippen LogP contribution in [-0.2, 0) is 14.8 Å². The van der Waals surface area contributed by atoms with Crippen LogP contribution >= 0.6 is 0 Å². The number of benzene rings is 1. The van der Waals surface area contributed by atoms with Crippen molar-refractivity contribution < 1.29 is 13.2 Å². The summed E-state index contributed by atoms with van der Waals surface area (Å²) in [6.07, 6.45) is 0. The lowest BCUT2D eigenvalue weighted by Crippen LogP contribution is -2.43. The minimum Gasteiger partial charge on any atom is -0.385 e. The van der Waals surface area contributed by atoms with Crippen LogP contribution in [0.3, 0.4) is 0 Å². The van der Waals surface area contributed by atoms with Crippen molar-refractivity contribution in [2.45, 2.75) is 25.7 Å². The highest BCUT2D eigenvalue weighted by atomic mass is 32.2. The number of nitrogens with one attached hydrogen (secondary N) is 3. The summed E-state index contributed by atoms with van der Waals surface area (Å²) in [6.45, 7) is 6.13. The molecule has 3 N–H and O–H groups in total. The number of amides is 1. The number of carbonyl (C=O) groups is 1. The van der Waals surface area contributed by atoms with Crippen molar-refractivity contribution >= 4 is 21.6 Å². The van der Waals surface area contributed by atoms with Crippen LogP contribution < -0.4 is 15.4 Å². The molecular weight excluding hydrogens is 290 g/mol. The lowest BCUT2D eigenvalue weighted by molar-refractivity contribution is -0.128. The van der Waals surface area contributed by atoms with Crippen molar-refractivity contribution in [3.05, 3.63) is 24.3 Å². The van der Waals surface area contributed by atoms with Gasteiger partial charge < -0.3 is 10.6 Å². The molecule has 0 aromatic heterocycles. The molecule has 0 saturated carbocycles. The van der Waals surface area contributed by atoms with E-state index in [2.05, 4.69) is 15.4 Å². The van der Waals surface area contributed by atoms with Gasteiger partial charge in [0.1, 0.15) is 0 Å². The van der Waals surface area contributed by atoms with E-state index in [9.17, 15) is 13.2 Å². The molecule has 0 aliphatic rings. The van der Waals surface area contributed by atoms with Crippen LogP contribution in [-0.4, -0.2) is 34.5 Å². The maximum Gasteiger partial charge on any atom is 0.240 e. The molecule has 0 radical (unpaired) electrons. The first kappa shape index (κ1) is 17.5. The molecule has 0 bridgehead atoms. The monoisotopic (exact) mass is 313 g/mol. The lowest BCUT2D eigenvalue weighted by Gasteiger charge is -2.22. The summed E-state index contributed by atoms with van der Waals surface area (Å²) >= 11 is 0. The van der Waals surface area contributed by atoms with Crippen LogP contribution in [0, 0.1) is 5.41 Å². The number of sulfonamides is 1. The van der Waals surface area contributed by atoms with Gasteiger partial charge in [-0.15, -0.1) is 0 Å². The summed E-state index contributed by atoms with van der Waals surface area (Å²) in [5.74, 6) is -0.215. The van der Waals surface area contributed by atoms with E-state index in [4.69, 9.17) is 0 Å². The van der Waals surface area contributed by atoms with Crippen molar-refractivity contribution in [2.75, 3.05) is 25.5 Å². The molecule has 7 heteroatoms. The van der Waals surface area contributed by atoms with Gasteiger partial charge in [0.25, 0.3) is 0 Å². The van der Waals surface area contributed by atoms with Crippen LogP contribution in [0.15, 0.2) is 29.2 Å². The van der Waals surface area contributed by atoms with E-state index in [1.165, 1.54) is 19.2 Å². The Balaban J connectivity index is 2.80. The number of rotatable bonds is 7. The van der Waals surface area contributed by atoms with Gasteiger partial charge in [0.05, 0.1) is 10.3 Å². The van der Waals surface area contributed by atoms with E-state index in [0.29, 0.717) is 0 Å². The molecule has 0 atom stereocenters. The van der Waals surface area contributed by atoms with Gasteiger partial charge in [-0.05, 0) is 45.0 Å². The lowest BCUT2D eigenvalue weighted by atomic mass is 9.93. The van der Waals surface area contributed by atoms with Crippen LogP contribution in [0.5, 0.6) is 0 Å². The average molecular weight is 313 g/mol. The Kier molecular flexibility index (Phi) is 5.74. The Hall–Kier alpha value is -1.60. The minimum atomic E-state index is -3.62. The van der Waals surface area contributed by atoms with E-state index >= 15 is 0 Å². The van der Waals surface area contributed by atoms with E-state index < -0.39 is 15.4 Å². The highest BCUT2D eigenvalue weighted by Gasteiger charge is 2.28. The molecule has 0 spiro atoms. The Bertz CT molecular complexity index is 580. The van der Waals surface area contributed by atoms with Gasteiger partial charge in [0.15, 0.2) is 0 Å². The molecular formula is C14H23N3O3S. The molecule has 118 valence electrons. The van der Waals surface area contributed by atoms with Gasteiger partial charge in [0.2, 0.25) is 15.9 Å². The quantitative estimate of drug-likeness (QED) is 0.705. The summed E-state index contributed by atoms with van der Waals surface area (Å²) in [6, 6.07) is 6.49. The predicted molar refractivity (Wildman–Crippen MR) is 83.6 cm³/mol. The van der Waals surface area contributed by atoms with Crippen molar-refractivity contribution in [3.8, 4) is 0 Å². The Morgan fingerprint density at radius 1 is 1.19 bits per heavy atom. The van der Waals surface area contributed by atoms with E-state index in [1.54, 1.807) is 26.0 Å². The van der Waals surface area contributed by atoms with Gasteiger partial charge in [-0.25, -0.2) is 13.1 Å². The fourth-order valence-corrected chi connectivity index (χ4v) is 2.95. The Morgan fingerprint density at radius 3 is 2.24 bits per heavy atom. The average Bonchev–Trinajstić information content (AvgIpc) is 2.45. The molecule has 0 fully saturated rings. The largest absolute Gasteiger partial charge is 0.385 e. The Labute approximate surface area is 126 Å². The molecule has 0 unspecified atom stereocenters. The van der Waals surface area contributed by atoms with Crippen LogP contribution in [0.2, 0.25) is 0 Å². The first-order chi connectivity index (χ1) is 9.73. The fraction of sp³-hybridized carbons (Fsp3) is 0.500. The molecule has 21 heavy (non-hydrogen) atoms. The SMILES string of the molecule is CCNc1ccc(S(=O)(=O)NCC(C)(C)C(=O)NC)cc1. The summed E-state index contributed by atoms with van der Waals surface area (Å²) in [7, 11) is -2.10. The molecule has 1 amide bonds. The van der Waals surface area contributed by atoms with Crippen molar-refractivity contribution in [3.63, 3.8) is 0 Å². The zero-order chi connectivity index (χ0) is 16.1. The highest BCUT2D eigenvalue weighted by molar-refractivity contribution is 7.89.